The number of methoxy groups -OCH3 is 1. The molecule has 3 aromatic heterocycles. The van der Waals surface area contributed by atoms with Crippen LogP contribution in [-0.2, 0) is 4.79 Å². The Morgan fingerprint density at radius 3 is 2.88 bits per heavy atom. The summed E-state index contributed by atoms with van der Waals surface area (Å²) in [5.41, 5.74) is 2.91. The highest BCUT2D eigenvalue weighted by molar-refractivity contribution is 7.18. The van der Waals surface area contributed by atoms with E-state index >= 15 is 0 Å². The third-order valence-electron chi connectivity index (χ3n) is 5.64. The summed E-state index contributed by atoms with van der Waals surface area (Å²) >= 11 is 1.36. The monoisotopic (exact) mass is 446 g/mol. The van der Waals surface area contributed by atoms with Crippen LogP contribution in [0.4, 0.5) is 10.8 Å². The van der Waals surface area contributed by atoms with Gasteiger partial charge in [-0.05, 0) is 49.2 Å². The average Bonchev–Trinajstić information content (AvgIpc) is 3.32. The van der Waals surface area contributed by atoms with Crippen LogP contribution in [0.25, 0.3) is 21.5 Å². The van der Waals surface area contributed by atoms with E-state index in [4.69, 9.17) is 4.74 Å². The number of aromatic nitrogens is 4. The maximum absolute atomic E-state index is 13.0. The maximum atomic E-state index is 13.0. The van der Waals surface area contributed by atoms with E-state index < -0.39 is 0 Å². The minimum absolute atomic E-state index is 0.0249. The minimum atomic E-state index is -0.133. The van der Waals surface area contributed by atoms with Gasteiger partial charge in [-0.15, -0.1) is 10.2 Å². The second-order valence-electron chi connectivity index (χ2n) is 7.64. The molecular formula is C23H22N6O2S. The van der Waals surface area contributed by atoms with Crippen LogP contribution in [0.3, 0.4) is 0 Å². The number of benzene rings is 1. The highest BCUT2D eigenvalue weighted by atomic mass is 32.1. The zero-order chi connectivity index (χ0) is 21.9. The van der Waals surface area contributed by atoms with E-state index in [2.05, 4.69) is 30.4 Å². The summed E-state index contributed by atoms with van der Waals surface area (Å²) in [6, 6.07) is 11.6. The molecule has 4 aromatic rings. The molecule has 1 amide bonds. The van der Waals surface area contributed by atoms with Crippen molar-refractivity contribution < 1.29 is 9.53 Å². The number of fused-ring (bicyclic) bond motifs is 1. The van der Waals surface area contributed by atoms with Crippen molar-refractivity contribution in [1.29, 1.82) is 0 Å². The van der Waals surface area contributed by atoms with Crippen LogP contribution in [0.15, 0.2) is 55.0 Å². The predicted molar refractivity (Wildman–Crippen MR) is 125 cm³/mol. The fraction of sp³-hybridized carbons (Fsp3) is 0.261. The molecule has 9 heteroatoms. The van der Waals surface area contributed by atoms with Crippen LogP contribution in [0.5, 0.6) is 5.75 Å². The molecular weight excluding hydrogens is 424 g/mol. The fourth-order valence-electron chi connectivity index (χ4n) is 4.02. The Kier molecular flexibility index (Phi) is 5.64. The molecule has 1 unspecified atom stereocenters. The Balaban J connectivity index is 1.32. The van der Waals surface area contributed by atoms with Crippen molar-refractivity contribution in [3.8, 4) is 16.3 Å². The molecule has 1 N–H and O–H groups in total. The van der Waals surface area contributed by atoms with Crippen molar-refractivity contribution in [3.63, 3.8) is 0 Å². The summed E-state index contributed by atoms with van der Waals surface area (Å²) in [5.74, 6) is 0.633. The lowest BCUT2D eigenvalue weighted by Gasteiger charge is -2.34. The molecule has 32 heavy (non-hydrogen) atoms. The van der Waals surface area contributed by atoms with Gasteiger partial charge in [-0.2, -0.15) is 0 Å². The van der Waals surface area contributed by atoms with E-state index in [1.165, 1.54) is 11.3 Å². The molecule has 1 fully saturated rings. The number of anilines is 2. The third-order valence-corrected chi connectivity index (χ3v) is 6.53. The molecule has 1 aliphatic rings. The normalized spacial score (nSPS) is 16.2. The van der Waals surface area contributed by atoms with Gasteiger partial charge in [0.15, 0.2) is 0 Å². The molecule has 4 heterocycles. The lowest BCUT2D eigenvalue weighted by molar-refractivity contribution is -0.120. The number of rotatable bonds is 5. The van der Waals surface area contributed by atoms with Crippen LogP contribution in [-0.4, -0.2) is 46.3 Å². The molecule has 1 atom stereocenters. The van der Waals surface area contributed by atoms with Crippen LogP contribution in [0.2, 0.25) is 0 Å². The number of nitrogens with one attached hydrogen (secondary N) is 1. The van der Waals surface area contributed by atoms with Gasteiger partial charge in [0.2, 0.25) is 11.0 Å². The largest absolute Gasteiger partial charge is 0.497 e. The van der Waals surface area contributed by atoms with Crippen LogP contribution in [0.1, 0.15) is 12.8 Å². The number of pyridine rings is 2. The van der Waals surface area contributed by atoms with Gasteiger partial charge in [0.1, 0.15) is 10.8 Å². The number of nitrogens with zero attached hydrogens (tertiary/aromatic N) is 5. The maximum Gasteiger partial charge on any atom is 0.231 e. The van der Waals surface area contributed by atoms with Crippen molar-refractivity contribution in [2.24, 2.45) is 5.92 Å². The molecule has 0 radical (unpaired) electrons. The molecule has 0 saturated carbocycles. The SMILES string of the molecule is COc1ccc2nccc(N3CCCC(C(=O)Nc4nnc(-c5ccncc5)s4)C3)c2c1. The smallest absolute Gasteiger partial charge is 0.231 e. The van der Waals surface area contributed by atoms with E-state index in [-0.39, 0.29) is 11.8 Å². The van der Waals surface area contributed by atoms with Crippen LogP contribution < -0.4 is 15.0 Å². The molecule has 0 spiro atoms. The van der Waals surface area contributed by atoms with Gasteiger partial charge < -0.3 is 15.0 Å². The number of amides is 1. The third kappa shape index (κ3) is 4.11. The zero-order valence-corrected chi connectivity index (χ0v) is 18.4. The molecule has 5 rings (SSSR count). The standard InChI is InChI=1S/C23H22N6O2S/c1-31-17-4-5-19-18(13-17)20(8-11-25-19)29-12-2-3-16(14-29)21(30)26-23-28-27-22(32-23)15-6-9-24-10-7-15/h4-11,13,16H,2-3,12,14H2,1H3,(H,26,28,30). The molecule has 162 valence electrons. The van der Waals surface area contributed by atoms with E-state index in [1.54, 1.807) is 19.5 Å². The van der Waals surface area contributed by atoms with E-state index in [0.29, 0.717) is 11.7 Å². The van der Waals surface area contributed by atoms with E-state index in [1.807, 2.05) is 42.6 Å². The van der Waals surface area contributed by atoms with Gasteiger partial charge in [-0.1, -0.05) is 11.3 Å². The number of carbonyl (C=O) groups excluding carboxylic acids is 1. The lowest BCUT2D eigenvalue weighted by atomic mass is 9.96. The first-order valence-electron chi connectivity index (χ1n) is 10.4. The molecule has 8 nitrogen and oxygen atoms in total. The Morgan fingerprint density at radius 2 is 2.03 bits per heavy atom. The molecule has 1 aromatic carbocycles. The summed E-state index contributed by atoms with van der Waals surface area (Å²) in [4.78, 5) is 23.8. The highest BCUT2D eigenvalue weighted by Crippen LogP contribution is 2.32. The first-order valence-corrected chi connectivity index (χ1v) is 11.3. The minimum Gasteiger partial charge on any atom is -0.497 e. The van der Waals surface area contributed by atoms with Crippen LogP contribution >= 0.6 is 11.3 Å². The highest BCUT2D eigenvalue weighted by Gasteiger charge is 2.27. The summed E-state index contributed by atoms with van der Waals surface area (Å²) in [7, 11) is 1.66. The molecule has 1 aliphatic heterocycles. The fourth-order valence-corrected chi connectivity index (χ4v) is 4.77. The average molecular weight is 447 g/mol. The Labute approximate surface area is 189 Å². The van der Waals surface area contributed by atoms with Crippen molar-refractivity contribution >= 4 is 39.0 Å². The number of ether oxygens (including phenoxy) is 1. The van der Waals surface area contributed by atoms with Gasteiger partial charge in [0.05, 0.1) is 18.5 Å². The summed E-state index contributed by atoms with van der Waals surface area (Å²) in [5, 5.41) is 13.6. The molecule has 1 saturated heterocycles. The van der Waals surface area contributed by atoms with E-state index in [0.717, 1.165) is 52.3 Å². The van der Waals surface area contributed by atoms with Gasteiger partial charge >= 0.3 is 0 Å². The van der Waals surface area contributed by atoms with Crippen molar-refractivity contribution in [2.45, 2.75) is 12.8 Å². The second kappa shape index (κ2) is 8.88. The second-order valence-corrected chi connectivity index (χ2v) is 8.61. The zero-order valence-electron chi connectivity index (χ0n) is 17.6. The Morgan fingerprint density at radius 1 is 1.16 bits per heavy atom. The molecule has 0 aliphatic carbocycles. The van der Waals surface area contributed by atoms with Gasteiger partial charge in [0.25, 0.3) is 0 Å². The van der Waals surface area contributed by atoms with Crippen molar-refractivity contribution in [3.05, 3.63) is 55.0 Å². The predicted octanol–water partition coefficient (Wildman–Crippen LogP) is 4.01. The Hall–Kier alpha value is -3.59. The Bertz CT molecular complexity index is 1250. The van der Waals surface area contributed by atoms with E-state index in [9.17, 15) is 4.79 Å². The van der Waals surface area contributed by atoms with Crippen molar-refractivity contribution in [2.75, 3.05) is 30.4 Å². The number of hydrogen-bond acceptors (Lipinski definition) is 8. The lowest BCUT2D eigenvalue weighted by Crippen LogP contribution is -2.40. The van der Waals surface area contributed by atoms with Gasteiger partial charge in [0, 0.05) is 48.3 Å². The first kappa shape index (κ1) is 20.3. The number of piperidine rings is 1. The van der Waals surface area contributed by atoms with Crippen LogP contribution in [0, 0.1) is 5.92 Å². The number of hydrogen-bond donors (Lipinski definition) is 1. The summed E-state index contributed by atoms with van der Waals surface area (Å²) < 4.78 is 5.40. The van der Waals surface area contributed by atoms with Gasteiger partial charge in [-0.3, -0.25) is 14.8 Å². The summed E-state index contributed by atoms with van der Waals surface area (Å²) in [6.45, 7) is 1.53. The first-order chi connectivity index (χ1) is 15.7. The van der Waals surface area contributed by atoms with Gasteiger partial charge in [-0.25, -0.2) is 0 Å². The summed E-state index contributed by atoms with van der Waals surface area (Å²) in [6.07, 6.45) is 7.01. The molecule has 0 bridgehead atoms. The van der Waals surface area contributed by atoms with Crippen molar-refractivity contribution in [1.82, 2.24) is 20.2 Å². The topological polar surface area (TPSA) is 93.1 Å². The quantitative estimate of drug-likeness (QED) is 0.495. The number of carbonyl (C=O) groups is 1.